The van der Waals surface area contributed by atoms with Crippen molar-refractivity contribution in [1.82, 2.24) is 0 Å². The molecular formula is C25H34N4O. The topological polar surface area (TPSA) is 58.7 Å². The van der Waals surface area contributed by atoms with Crippen molar-refractivity contribution in [1.29, 1.82) is 0 Å². The standard InChI is InChI=1S/C25H34N4O/c1-9-10-11-12-13-30-23-16(4)20-21(28-25(7,8)27-20)17-14(2)15(3)19-22(18(17)23)29-24(5,6)26-19/h9-13H2,1-8H3. The van der Waals surface area contributed by atoms with Gasteiger partial charge in [-0.05, 0) is 66.0 Å². The first-order valence-electron chi connectivity index (χ1n) is 11.2. The zero-order valence-corrected chi connectivity index (χ0v) is 19.7. The molecule has 0 saturated carbocycles. The SMILES string of the molecule is CCCCCCOc1c(C)c2c(c3c(C)c(C)c4c(c13)=NC(C)(C)N=4)=NC(C)(C)N=2. The lowest BCUT2D eigenvalue weighted by atomic mass is 9.96. The van der Waals surface area contributed by atoms with Crippen LogP contribution in [0.5, 0.6) is 5.75 Å². The van der Waals surface area contributed by atoms with Gasteiger partial charge in [0.15, 0.2) is 0 Å². The Kier molecular flexibility index (Phi) is 4.99. The molecule has 5 nitrogen and oxygen atoms in total. The van der Waals surface area contributed by atoms with E-state index >= 15 is 0 Å². The molecule has 0 saturated heterocycles. The molecule has 0 atom stereocenters. The molecule has 30 heavy (non-hydrogen) atoms. The molecule has 0 amide bonds. The molecule has 2 aromatic carbocycles. The monoisotopic (exact) mass is 406 g/mol. The van der Waals surface area contributed by atoms with E-state index in [0.717, 1.165) is 49.9 Å². The number of benzene rings is 2. The Morgan fingerprint density at radius 2 is 1.17 bits per heavy atom. The first kappa shape index (κ1) is 21.0. The molecular weight excluding hydrogens is 372 g/mol. The molecule has 0 unspecified atom stereocenters. The normalized spacial score (nSPS) is 17.6. The summed E-state index contributed by atoms with van der Waals surface area (Å²) in [6.45, 7) is 17.6. The van der Waals surface area contributed by atoms with Gasteiger partial charge in [-0.25, -0.2) is 0 Å². The maximum absolute atomic E-state index is 6.48. The van der Waals surface area contributed by atoms with Gasteiger partial charge in [0.25, 0.3) is 0 Å². The fourth-order valence-electron chi connectivity index (χ4n) is 4.59. The third kappa shape index (κ3) is 3.32. The third-order valence-corrected chi connectivity index (χ3v) is 6.17. The largest absolute Gasteiger partial charge is 0.492 e. The minimum Gasteiger partial charge on any atom is -0.492 e. The summed E-state index contributed by atoms with van der Waals surface area (Å²) in [7, 11) is 0. The quantitative estimate of drug-likeness (QED) is 0.675. The smallest absolute Gasteiger partial charge is 0.146 e. The van der Waals surface area contributed by atoms with Crippen LogP contribution in [-0.4, -0.2) is 17.9 Å². The fourth-order valence-corrected chi connectivity index (χ4v) is 4.59. The summed E-state index contributed by atoms with van der Waals surface area (Å²) in [5.41, 5.74) is 2.52. The molecule has 160 valence electrons. The van der Waals surface area contributed by atoms with Crippen LogP contribution in [0.15, 0.2) is 20.0 Å². The predicted molar refractivity (Wildman–Crippen MR) is 121 cm³/mol. The van der Waals surface area contributed by atoms with E-state index < -0.39 is 11.3 Å². The van der Waals surface area contributed by atoms with E-state index in [9.17, 15) is 0 Å². The van der Waals surface area contributed by atoms with Crippen LogP contribution in [-0.2, 0) is 0 Å². The molecule has 0 radical (unpaired) electrons. The average molecular weight is 407 g/mol. The highest BCUT2D eigenvalue weighted by Gasteiger charge is 2.28. The third-order valence-electron chi connectivity index (χ3n) is 6.17. The first-order valence-corrected chi connectivity index (χ1v) is 11.2. The van der Waals surface area contributed by atoms with E-state index in [-0.39, 0.29) is 0 Å². The van der Waals surface area contributed by atoms with Gasteiger partial charge in [0.1, 0.15) is 17.1 Å². The minimum atomic E-state index is -0.458. The Morgan fingerprint density at radius 3 is 1.77 bits per heavy atom. The molecule has 2 aromatic rings. The summed E-state index contributed by atoms with van der Waals surface area (Å²) in [6.07, 6.45) is 4.70. The molecule has 5 heteroatoms. The van der Waals surface area contributed by atoms with E-state index in [1.807, 2.05) is 0 Å². The number of unbranched alkanes of at least 4 members (excludes halogenated alkanes) is 3. The first-order chi connectivity index (χ1) is 14.1. The Balaban J connectivity index is 2.08. The molecule has 4 rings (SSSR count). The van der Waals surface area contributed by atoms with Crippen molar-refractivity contribution in [2.75, 3.05) is 6.61 Å². The fraction of sp³-hybridized carbons (Fsp3) is 0.600. The van der Waals surface area contributed by atoms with E-state index in [2.05, 4.69) is 55.4 Å². The van der Waals surface area contributed by atoms with Crippen molar-refractivity contribution < 1.29 is 4.74 Å². The van der Waals surface area contributed by atoms with Gasteiger partial charge in [0.2, 0.25) is 0 Å². The van der Waals surface area contributed by atoms with Gasteiger partial charge >= 0.3 is 0 Å². The van der Waals surface area contributed by atoms with Crippen LogP contribution in [0.25, 0.3) is 10.8 Å². The Morgan fingerprint density at radius 1 is 0.633 bits per heavy atom. The average Bonchev–Trinajstić information content (AvgIpc) is 3.16. The predicted octanol–water partition coefficient (Wildman–Crippen LogP) is 3.70. The molecule has 2 aliphatic heterocycles. The molecule has 0 spiro atoms. The van der Waals surface area contributed by atoms with Crippen LogP contribution in [0.4, 0.5) is 0 Å². The Hall–Kier alpha value is -2.30. The van der Waals surface area contributed by atoms with Crippen LogP contribution >= 0.6 is 0 Å². The van der Waals surface area contributed by atoms with Gasteiger partial charge in [-0.1, -0.05) is 26.2 Å². The molecule has 2 aliphatic rings. The van der Waals surface area contributed by atoms with Crippen molar-refractivity contribution in [3.63, 3.8) is 0 Å². The van der Waals surface area contributed by atoms with Gasteiger partial charge in [0, 0.05) is 10.9 Å². The molecule has 0 aromatic heterocycles. The van der Waals surface area contributed by atoms with E-state index in [1.54, 1.807) is 0 Å². The van der Waals surface area contributed by atoms with Gasteiger partial charge in [-0.2, -0.15) is 0 Å². The summed E-state index contributed by atoms with van der Waals surface area (Å²) in [5, 5.41) is 6.08. The van der Waals surface area contributed by atoms with Crippen LogP contribution in [0.1, 0.15) is 77.0 Å². The molecule has 0 fully saturated rings. The molecule has 0 bridgehead atoms. The lowest BCUT2D eigenvalue weighted by molar-refractivity contribution is 0.306. The second-order valence-electron chi connectivity index (χ2n) is 9.69. The van der Waals surface area contributed by atoms with Gasteiger partial charge in [0.05, 0.1) is 33.4 Å². The summed E-state index contributed by atoms with van der Waals surface area (Å²) in [4.78, 5) is 19.9. The lowest BCUT2D eigenvalue weighted by Gasteiger charge is -2.15. The van der Waals surface area contributed by atoms with Crippen molar-refractivity contribution in [2.24, 2.45) is 20.0 Å². The van der Waals surface area contributed by atoms with Crippen molar-refractivity contribution in [3.05, 3.63) is 38.1 Å². The summed E-state index contributed by atoms with van der Waals surface area (Å²) >= 11 is 0. The van der Waals surface area contributed by atoms with Crippen LogP contribution in [0, 0.1) is 20.8 Å². The number of aryl methyl sites for hydroxylation is 1. The minimum absolute atomic E-state index is 0.458. The van der Waals surface area contributed by atoms with Crippen LogP contribution < -0.4 is 26.2 Å². The zero-order chi connectivity index (χ0) is 21.8. The van der Waals surface area contributed by atoms with Crippen molar-refractivity contribution in [3.8, 4) is 5.75 Å². The van der Waals surface area contributed by atoms with E-state index in [1.165, 1.54) is 30.4 Å². The highest BCUT2D eigenvalue weighted by Crippen LogP contribution is 2.29. The number of hydrogen-bond donors (Lipinski definition) is 0. The summed E-state index contributed by atoms with van der Waals surface area (Å²) in [5.74, 6) is 0.910. The lowest BCUT2D eigenvalue weighted by Crippen LogP contribution is -2.34. The number of hydrogen-bond acceptors (Lipinski definition) is 5. The zero-order valence-electron chi connectivity index (χ0n) is 19.7. The Labute approximate surface area is 178 Å². The molecule has 2 heterocycles. The number of fused-ring (bicyclic) bond motifs is 5. The highest BCUT2D eigenvalue weighted by atomic mass is 16.5. The van der Waals surface area contributed by atoms with E-state index in [4.69, 9.17) is 24.7 Å². The Bertz CT molecular complexity index is 1280. The summed E-state index contributed by atoms with van der Waals surface area (Å²) in [6, 6.07) is 0. The van der Waals surface area contributed by atoms with E-state index in [0.29, 0.717) is 6.61 Å². The van der Waals surface area contributed by atoms with Gasteiger partial charge in [-0.3, -0.25) is 20.0 Å². The van der Waals surface area contributed by atoms with Gasteiger partial charge in [-0.15, -0.1) is 0 Å². The van der Waals surface area contributed by atoms with Crippen molar-refractivity contribution in [2.45, 2.75) is 92.4 Å². The maximum Gasteiger partial charge on any atom is 0.146 e. The number of ether oxygens (including phenoxy) is 1. The van der Waals surface area contributed by atoms with Gasteiger partial charge < -0.3 is 4.74 Å². The molecule has 0 aliphatic carbocycles. The summed E-state index contributed by atoms with van der Waals surface area (Å²) < 4.78 is 6.48. The molecule has 0 N–H and O–H groups in total. The second-order valence-corrected chi connectivity index (χ2v) is 9.69. The number of rotatable bonds is 6. The van der Waals surface area contributed by atoms with Crippen molar-refractivity contribution >= 4 is 10.8 Å². The second kappa shape index (κ2) is 7.14. The maximum atomic E-state index is 6.48. The highest BCUT2D eigenvalue weighted by molar-refractivity contribution is 5.92. The van der Waals surface area contributed by atoms with Crippen LogP contribution in [0.3, 0.4) is 0 Å². The number of nitrogens with zero attached hydrogens (tertiary/aromatic N) is 4. The van der Waals surface area contributed by atoms with Crippen LogP contribution in [0.2, 0.25) is 0 Å².